The van der Waals surface area contributed by atoms with Crippen molar-refractivity contribution in [3.63, 3.8) is 0 Å². The third-order valence-corrected chi connectivity index (χ3v) is 3.51. The van der Waals surface area contributed by atoms with Gasteiger partial charge >= 0.3 is 12.1 Å². The molecule has 102 valence electrons. The number of carboxylic acids is 1. The second-order valence-electron chi connectivity index (χ2n) is 6.03. The number of carbonyl (C=O) groups is 2. The van der Waals surface area contributed by atoms with E-state index in [-0.39, 0.29) is 12.0 Å². The molecule has 6 heteroatoms. The van der Waals surface area contributed by atoms with E-state index in [1.807, 2.05) is 0 Å². The highest BCUT2D eigenvalue weighted by Gasteiger charge is 2.56. The fourth-order valence-electron chi connectivity index (χ4n) is 2.90. The summed E-state index contributed by atoms with van der Waals surface area (Å²) >= 11 is 0. The van der Waals surface area contributed by atoms with E-state index in [1.165, 1.54) is 4.90 Å². The minimum atomic E-state index is -1.08. The van der Waals surface area contributed by atoms with Gasteiger partial charge in [0.05, 0.1) is 6.10 Å². The Hall–Kier alpha value is -1.30. The van der Waals surface area contributed by atoms with E-state index in [1.54, 1.807) is 20.8 Å². The highest BCUT2D eigenvalue weighted by Crippen LogP contribution is 2.43. The number of likely N-dealkylation sites (tertiary alicyclic amines) is 1. The standard InChI is InChI=1S/C12H19NO5/c1-12(2,3)18-11(17)13-6-4-7(8(14)5-6)9(13)10(15)16/h6-9,14H,4-5H2,1-3H3,(H,15,16)/t6?,7-,8+,9+/m1/s1. The van der Waals surface area contributed by atoms with Crippen molar-refractivity contribution in [1.29, 1.82) is 0 Å². The van der Waals surface area contributed by atoms with E-state index in [4.69, 9.17) is 4.74 Å². The van der Waals surface area contributed by atoms with Crippen LogP contribution < -0.4 is 0 Å². The lowest BCUT2D eigenvalue weighted by Crippen LogP contribution is -2.53. The molecule has 1 heterocycles. The van der Waals surface area contributed by atoms with Crippen LogP contribution in [0.15, 0.2) is 0 Å². The maximum absolute atomic E-state index is 12.0. The van der Waals surface area contributed by atoms with Gasteiger partial charge in [0.15, 0.2) is 0 Å². The number of aliphatic hydroxyl groups excluding tert-OH is 1. The molecule has 1 aliphatic heterocycles. The molecule has 1 unspecified atom stereocenters. The van der Waals surface area contributed by atoms with Gasteiger partial charge in [-0.15, -0.1) is 0 Å². The molecular formula is C12H19NO5. The summed E-state index contributed by atoms with van der Waals surface area (Å²) in [7, 11) is 0. The predicted octanol–water partition coefficient (Wildman–Crippen LogP) is 0.830. The number of carbonyl (C=O) groups excluding carboxylic acids is 1. The van der Waals surface area contributed by atoms with Gasteiger partial charge in [0, 0.05) is 12.0 Å². The van der Waals surface area contributed by atoms with Crippen LogP contribution in [0.5, 0.6) is 0 Å². The number of hydrogen-bond donors (Lipinski definition) is 2. The summed E-state index contributed by atoms with van der Waals surface area (Å²) in [5.74, 6) is -1.45. The van der Waals surface area contributed by atoms with Crippen molar-refractivity contribution in [2.45, 2.75) is 57.4 Å². The lowest BCUT2D eigenvalue weighted by atomic mass is 9.96. The smallest absolute Gasteiger partial charge is 0.411 e. The summed E-state index contributed by atoms with van der Waals surface area (Å²) in [6.45, 7) is 5.22. The van der Waals surface area contributed by atoms with Crippen molar-refractivity contribution >= 4 is 12.1 Å². The van der Waals surface area contributed by atoms with Gasteiger partial charge in [-0.05, 0) is 33.6 Å². The van der Waals surface area contributed by atoms with E-state index in [9.17, 15) is 19.8 Å². The van der Waals surface area contributed by atoms with Gasteiger partial charge in [-0.2, -0.15) is 0 Å². The van der Waals surface area contributed by atoms with Gasteiger partial charge in [0.2, 0.25) is 0 Å². The molecule has 0 aromatic rings. The number of nitrogens with zero attached hydrogens (tertiary/aromatic N) is 1. The summed E-state index contributed by atoms with van der Waals surface area (Å²) in [5.41, 5.74) is -0.652. The number of fused-ring (bicyclic) bond motifs is 2. The minimum Gasteiger partial charge on any atom is -0.480 e. The monoisotopic (exact) mass is 257 g/mol. The number of rotatable bonds is 1. The van der Waals surface area contributed by atoms with Crippen LogP contribution in [0.4, 0.5) is 4.79 Å². The number of ether oxygens (including phenoxy) is 1. The van der Waals surface area contributed by atoms with Crippen LogP contribution in [0.2, 0.25) is 0 Å². The van der Waals surface area contributed by atoms with E-state index >= 15 is 0 Å². The molecule has 6 nitrogen and oxygen atoms in total. The summed E-state index contributed by atoms with van der Waals surface area (Å²) in [6.07, 6.45) is -0.255. The van der Waals surface area contributed by atoms with Crippen LogP contribution in [-0.4, -0.2) is 51.0 Å². The highest BCUT2D eigenvalue weighted by molar-refractivity contribution is 5.82. The van der Waals surface area contributed by atoms with Gasteiger partial charge < -0.3 is 14.9 Å². The molecule has 2 rings (SSSR count). The second kappa shape index (κ2) is 4.12. The van der Waals surface area contributed by atoms with E-state index < -0.39 is 29.8 Å². The summed E-state index contributed by atoms with van der Waals surface area (Å²) in [5, 5.41) is 18.9. The van der Waals surface area contributed by atoms with Crippen LogP contribution in [0.3, 0.4) is 0 Å². The van der Waals surface area contributed by atoms with Crippen molar-refractivity contribution in [2.75, 3.05) is 0 Å². The second-order valence-corrected chi connectivity index (χ2v) is 6.03. The average molecular weight is 257 g/mol. The summed E-state index contributed by atoms with van der Waals surface area (Å²) in [6, 6.07) is -1.19. The van der Waals surface area contributed by atoms with Gasteiger partial charge in [0.25, 0.3) is 0 Å². The molecule has 18 heavy (non-hydrogen) atoms. The molecule has 1 saturated carbocycles. The maximum atomic E-state index is 12.0. The average Bonchev–Trinajstić information content (AvgIpc) is 2.69. The van der Waals surface area contributed by atoms with Gasteiger partial charge in [0.1, 0.15) is 11.6 Å². The van der Waals surface area contributed by atoms with Crippen molar-refractivity contribution in [3.05, 3.63) is 0 Å². The van der Waals surface area contributed by atoms with Crippen LogP contribution in [0, 0.1) is 5.92 Å². The Morgan fingerprint density at radius 1 is 1.28 bits per heavy atom. The molecule has 1 amide bonds. The summed E-state index contributed by atoms with van der Waals surface area (Å²) < 4.78 is 5.23. The van der Waals surface area contributed by atoms with Crippen LogP contribution in [-0.2, 0) is 9.53 Å². The third-order valence-electron chi connectivity index (χ3n) is 3.51. The molecule has 0 aromatic heterocycles. The zero-order chi connectivity index (χ0) is 13.7. The Bertz CT molecular complexity index is 375. The molecule has 2 N–H and O–H groups in total. The van der Waals surface area contributed by atoms with Gasteiger partial charge in [-0.3, -0.25) is 4.90 Å². The van der Waals surface area contributed by atoms with Crippen LogP contribution >= 0.6 is 0 Å². The lowest BCUT2D eigenvalue weighted by molar-refractivity contribution is -0.147. The van der Waals surface area contributed by atoms with Crippen molar-refractivity contribution in [1.82, 2.24) is 4.90 Å². The van der Waals surface area contributed by atoms with Gasteiger partial charge in [-0.25, -0.2) is 9.59 Å². The number of carboxylic acid groups (broad SMARTS) is 1. The van der Waals surface area contributed by atoms with Gasteiger partial charge in [-0.1, -0.05) is 0 Å². The zero-order valence-electron chi connectivity index (χ0n) is 10.8. The van der Waals surface area contributed by atoms with Crippen molar-refractivity contribution in [3.8, 4) is 0 Å². The van der Waals surface area contributed by atoms with E-state index in [0.29, 0.717) is 12.8 Å². The topological polar surface area (TPSA) is 87.1 Å². The molecule has 0 spiro atoms. The van der Waals surface area contributed by atoms with Crippen molar-refractivity contribution < 1.29 is 24.5 Å². The van der Waals surface area contributed by atoms with E-state index in [2.05, 4.69) is 0 Å². The Balaban J connectivity index is 2.17. The SMILES string of the molecule is CC(C)(C)OC(=O)N1C2C[C@@H]([C@H]1C(=O)O)[C@@H](O)C2. The predicted molar refractivity (Wildman–Crippen MR) is 62.0 cm³/mol. The first-order chi connectivity index (χ1) is 8.20. The largest absolute Gasteiger partial charge is 0.480 e. The number of piperidine rings is 1. The van der Waals surface area contributed by atoms with Crippen molar-refractivity contribution in [2.24, 2.45) is 5.92 Å². The molecule has 0 radical (unpaired) electrons. The Morgan fingerprint density at radius 2 is 1.89 bits per heavy atom. The fourth-order valence-corrected chi connectivity index (χ4v) is 2.90. The molecule has 0 aromatic carbocycles. The Morgan fingerprint density at radius 3 is 2.39 bits per heavy atom. The zero-order valence-corrected chi connectivity index (χ0v) is 10.8. The third kappa shape index (κ3) is 2.16. The molecular weight excluding hydrogens is 238 g/mol. The maximum Gasteiger partial charge on any atom is 0.411 e. The number of aliphatic carboxylic acids is 1. The van der Waals surface area contributed by atoms with Crippen LogP contribution in [0.1, 0.15) is 33.6 Å². The molecule has 2 bridgehead atoms. The normalized spacial score (nSPS) is 34.8. The van der Waals surface area contributed by atoms with Crippen LogP contribution in [0.25, 0.3) is 0 Å². The molecule has 4 atom stereocenters. The number of hydrogen-bond acceptors (Lipinski definition) is 4. The first-order valence-corrected chi connectivity index (χ1v) is 6.13. The molecule has 1 saturated heterocycles. The fraction of sp³-hybridized carbons (Fsp3) is 0.833. The molecule has 1 aliphatic carbocycles. The highest BCUT2D eigenvalue weighted by atomic mass is 16.6. The number of amides is 1. The first kappa shape index (κ1) is 13.1. The number of aliphatic hydroxyl groups is 1. The lowest BCUT2D eigenvalue weighted by Gasteiger charge is -2.35. The first-order valence-electron chi connectivity index (χ1n) is 6.13. The Kier molecular flexibility index (Phi) is 3.01. The Labute approximate surface area is 106 Å². The summed E-state index contributed by atoms with van der Waals surface area (Å²) in [4.78, 5) is 24.6. The minimum absolute atomic E-state index is 0.221. The molecule has 2 fully saturated rings. The quantitative estimate of drug-likeness (QED) is 0.726. The molecule has 2 aliphatic rings. The van der Waals surface area contributed by atoms with E-state index in [0.717, 1.165) is 0 Å².